The second-order valence-corrected chi connectivity index (χ2v) is 6.94. The molecule has 3 rings (SSSR count). The maximum Gasteiger partial charge on any atom is 0.255 e. The third kappa shape index (κ3) is 3.35. The zero-order valence-electron chi connectivity index (χ0n) is 14.8. The molecule has 24 heavy (non-hydrogen) atoms. The molecule has 1 fully saturated rings. The standard InChI is InChI=1S/C21H26N2O/c1-15-9-7-8-12-20(15)23(3)21(24)18-13-14-19(22-16(18)2)17-10-5-4-6-11-17/h4-6,10-11,13-15,20H,7-9,12H2,1-3H3. The Kier molecular flexibility index (Phi) is 4.98. The van der Waals surface area contributed by atoms with E-state index in [2.05, 4.69) is 11.9 Å². The average molecular weight is 322 g/mol. The summed E-state index contributed by atoms with van der Waals surface area (Å²) in [5, 5.41) is 0. The average Bonchev–Trinajstić information content (AvgIpc) is 2.61. The molecule has 0 aliphatic heterocycles. The smallest absolute Gasteiger partial charge is 0.255 e. The van der Waals surface area contributed by atoms with E-state index in [9.17, 15) is 4.79 Å². The van der Waals surface area contributed by atoms with Gasteiger partial charge in [-0.05, 0) is 37.8 Å². The molecule has 1 saturated carbocycles. The Balaban J connectivity index is 1.82. The molecule has 1 aliphatic carbocycles. The van der Waals surface area contributed by atoms with Crippen molar-refractivity contribution in [3.05, 3.63) is 53.7 Å². The van der Waals surface area contributed by atoms with E-state index < -0.39 is 0 Å². The molecule has 0 spiro atoms. The summed E-state index contributed by atoms with van der Waals surface area (Å²) >= 11 is 0. The molecule has 1 amide bonds. The van der Waals surface area contributed by atoms with Crippen LogP contribution in [-0.2, 0) is 0 Å². The number of aromatic nitrogens is 1. The van der Waals surface area contributed by atoms with Crippen molar-refractivity contribution < 1.29 is 4.79 Å². The van der Waals surface area contributed by atoms with Crippen LogP contribution in [0.1, 0.15) is 48.7 Å². The molecule has 1 heterocycles. The Labute approximate surface area is 144 Å². The first-order valence-corrected chi connectivity index (χ1v) is 8.88. The molecular formula is C21H26N2O. The van der Waals surface area contributed by atoms with Gasteiger partial charge < -0.3 is 4.90 Å². The Morgan fingerprint density at radius 1 is 1.08 bits per heavy atom. The van der Waals surface area contributed by atoms with Gasteiger partial charge >= 0.3 is 0 Å². The molecule has 1 aromatic heterocycles. The first-order chi connectivity index (χ1) is 11.6. The lowest BCUT2D eigenvalue weighted by Gasteiger charge is -2.36. The summed E-state index contributed by atoms with van der Waals surface area (Å²) in [7, 11) is 1.94. The second-order valence-electron chi connectivity index (χ2n) is 6.94. The van der Waals surface area contributed by atoms with Crippen molar-refractivity contribution >= 4 is 5.91 Å². The zero-order valence-corrected chi connectivity index (χ0v) is 14.8. The van der Waals surface area contributed by atoms with Gasteiger partial charge in [0.15, 0.2) is 0 Å². The highest BCUT2D eigenvalue weighted by molar-refractivity contribution is 5.95. The van der Waals surface area contributed by atoms with E-state index in [4.69, 9.17) is 0 Å². The third-order valence-electron chi connectivity index (χ3n) is 5.27. The number of amides is 1. The molecule has 3 heteroatoms. The predicted octanol–water partition coefficient (Wildman–Crippen LogP) is 4.71. The largest absolute Gasteiger partial charge is 0.338 e. The quantitative estimate of drug-likeness (QED) is 0.820. The van der Waals surface area contributed by atoms with Crippen LogP contribution in [0.4, 0.5) is 0 Å². The van der Waals surface area contributed by atoms with Crippen LogP contribution >= 0.6 is 0 Å². The third-order valence-corrected chi connectivity index (χ3v) is 5.27. The Bertz CT molecular complexity index is 711. The van der Waals surface area contributed by atoms with Crippen LogP contribution in [-0.4, -0.2) is 28.9 Å². The normalized spacial score (nSPS) is 20.6. The summed E-state index contributed by atoms with van der Waals surface area (Å²) in [6.07, 6.45) is 4.83. The molecule has 0 radical (unpaired) electrons. The maximum atomic E-state index is 12.9. The molecule has 0 N–H and O–H groups in total. The molecule has 126 valence electrons. The molecule has 2 aromatic rings. The summed E-state index contributed by atoms with van der Waals surface area (Å²) in [6, 6.07) is 14.3. The van der Waals surface area contributed by atoms with Gasteiger partial charge in [0.05, 0.1) is 17.0 Å². The lowest BCUT2D eigenvalue weighted by molar-refractivity contribution is 0.0628. The molecule has 1 aromatic carbocycles. The van der Waals surface area contributed by atoms with E-state index >= 15 is 0 Å². The van der Waals surface area contributed by atoms with Gasteiger partial charge in [0, 0.05) is 18.7 Å². The van der Waals surface area contributed by atoms with Crippen LogP contribution in [0.5, 0.6) is 0 Å². The van der Waals surface area contributed by atoms with Crippen molar-refractivity contribution in [2.75, 3.05) is 7.05 Å². The van der Waals surface area contributed by atoms with Crippen molar-refractivity contribution in [3.8, 4) is 11.3 Å². The Hall–Kier alpha value is -2.16. The molecule has 0 saturated heterocycles. The summed E-state index contributed by atoms with van der Waals surface area (Å²) in [4.78, 5) is 19.5. The molecule has 3 nitrogen and oxygen atoms in total. The van der Waals surface area contributed by atoms with Gasteiger partial charge in [-0.3, -0.25) is 9.78 Å². The fourth-order valence-electron chi connectivity index (χ4n) is 3.77. The monoisotopic (exact) mass is 322 g/mol. The number of nitrogens with zero attached hydrogens (tertiary/aromatic N) is 2. The molecule has 2 atom stereocenters. The number of aryl methyl sites for hydroxylation is 1. The summed E-state index contributed by atoms with van der Waals surface area (Å²) in [5.41, 5.74) is 3.51. The van der Waals surface area contributed by atoms with Gasteiger partial charge in [0.1, 0.15) is 0 Å². The van der Waals surface area contributed by atoms with Gasteiger partial charge in [-0.25, -0.2) is 0 Å². The second kappa shape index (κ2) is 7.16. The van der Waals surface area contributed by atoms with Crippen LogP contribution in [0, 0.1) is 12.8 Å². The van der Waals surface area contributed by atoms with E-state index in [0.29, 0.717) is 12.0 Å². The van der Waals surface area contributed by atoms with E-state index in [-0.39, 0.29) is 5.91 Å². The molecular weight excluding hydrogens is 296 g/mol. The lowest BCUT2D eigenvalue weighted by atomic mass is 9.85. The van der Waals surface area contributed by atoms with Crippen molar-refractivity contribution in [3.63, 3.8) is 0 Å². The fourth-order valence-corrected chi connectivity index (χ4v) is 3.77. The van der Waals surface area contributed by atoms with Gasteiger partial charge in [-0.15, -0.1) is 0 Å². The summed E-state index contributed by atoms with van der Waals surface area (Å²) in [5.74, 6) is 0.669. The van der Waals surface area contributed by atoms with E-state index in [0.717, 1.165) is 28.9 Å². The zero-order chi connectivity index (χ0) is 17.1. The van der Waals surface area contributed by atoms with Crippen LogP contribution < -0.4 is 0 Å². The molecule has 0 bridgehead atoms. The fraction of sp³-hybridized carbons (Fsp3) is 0.429. The minimum atomic E-state index is 0.0957. The number of carbonyl (C=O) groups excluding carboxylic acids is 1. The number of benzene rings is 1. The molecule has 1 aliphatic rings. The van der Waals surface area contributed by atoms with Crippen molar-refractivity contribution in [1.82, 2.24) is 9.88 Å². The Morgan fingerprint density at radius 2 is 1.79 bits per heavy atom. The van der Waals surface area contributed by atoms with Crippen LogP contribution in [0.25, 0.3) is 11.3 Å². The number of pyridine rings is 1. The van der Waals surface area contributed by atoms with Gasteiger partial charge in [-0.1, -0.05) is 50.1 Å². The topological polar surface area (TPSA) is 33.2 Å². The van der Waals surface area contributed by atoms with Crippen molar-refractivity contribution in [1.29, 1.82) is 0 Å². The van der Waals surface area contributed by atoms with Crippen LogP contribution in [0.3, 0.4) is 0 Å². The maximum absolute atomic E-state index is 12.9. The summed E-state index contributed by atoms with van der Waals surface area (Å²) in [6.45, 7) is 4.19. The first-order valence-electron chi connectivity index (χ1n) is 8.88. The number of hydrogen-bond donors (Lipinski definition) is 0. The van der Waals surface area contributed by atoms with Gasteiger partial charge in [-0.2, -0.15) is 0 Å². The van der Waals surface area contributed by atoms with Crippen LogP contribution in [0.2, 0.25) is 0 Å². The van der Waals surface area contributed by atoms with E-state index in [1.165, 1.54) is 19.3 Å². The summed E-state index contributed by atoms with van der Waals surface area (Å²) < 4.78 is 0. The first kappa shape index (κ1) is 16.7. The lowest BCUT2D eigenvalue weighted by Crippen LogP contribution is -2.42. The predicted molar refractivity (Wildman–Crippen MR) is 97.9 cm³/mol. The van der Waals surface area contributed by atoms with E-state index in [1.54, 1.807) is 0 Å². The Morgan fingerprint density at radius 3 is 2.46 bits per heavy atom. The minimum Gasteiger partial charge on any atom is -0.338 e. The van der Waals surface area contributed by atoms with Gasteiger partial charge in [0.25, 0.3) is 5.91 Å². The minimum absolute atomic E-state index is 0.0957. The number of hydrogen-bond acceptors (Lipinski definition) is 2. The highest BCUT2D eigenvalue weighted by atomic mass is 16.2. The number of rotatable bonds is 3. The van der Waals surface area contributed by atoms with Crippen molar-refractivity contribution in [2.24, 2.45) is 5.92 Å². The molecule has 2 unspecified atom stereocenters. The highest BCUT2D eigenvalue weighted by Gasteiger charge is 2.29. The van der Waals surface area contributed by atoms with Crippen LogP contribution in [0.15, 0.2) is 42.5 Å². The SMILES string of the molecule is Cc1nc(-c2ccccc2)ccc1C(=O)N(C)C1CCCCC1C. The van der Waals surface area contributed by atoms with Gasteiger partial charge in [0.2, 0.25) is 0 Å². The van der Waals surface area contributed by atoms with Crippen molar-refractivity contribution in [2.45, 2.75) is 45.6 Å². The number of carbonyl (C=O) groups is 1. The van der Waals surface area contributed by atoms with E-state index in [1.807, 2.05) is 61.3 Å². The highest BCUT2D eigenvalue weighted by Crippen LogP contribution is 2.29.